The standard InChI is InChI=1S/C18H18N2O2S/c1-12-7-9-14(10-8-12)23-13(2)18(22)20-11-17(21)19-15-5-3-4-6-16(15)20/h3-10,13H,11H2,1-2H3,(H,19,21)/t13-/m1/s1. The summed E-state index contributed by atoms with van der Waals surface area (Å²) in [7, 11) is 0. The van der Waals surface area contributed by atoms with Crippen molar-refractivity contribution in [2.45, 2.75) is 24.0 Å². The Hall–Kier alpha value is -2.27. The summed E-state index contributed by atoms with van der Waals surface area (Å²) in [6, 6.07) is 15.5. The Labute approximate surface area is 139 Å². The lowest BCUT2D eigenvalue weighted by atomic mass is 10.2. The first-order valence-corrected chi connectivity index (χ1v) is 8.36. The Balaban J connectivity index is 1.79. The first-order chi connectivity index (χ1) is 11.0. The molecule has 2 aromatic carbocycles. The van der Waals surface area contributed by atoms with Gasteiger partial charge in [-0.15, -0.1) is 11.8 Å². The number of rotatable bonds is 3. The molecule has 0 aromatic heterocycles. The number of nitrogens with zero attached hydrogens (tertiary/aromatic N) is 1. The third kappa shape index (κ3) is 3.40. The highest BCUT2D eigenvalue weighted by Gasteiger charge is 2.29. The summed E-state index contributed by atoms with van der Waals surface area (Å²) in [5.41, 5.74) is 2.63. The molecule has 118 valence electrons. The first-order valence-electron chi connectivity index (χ1n) is 7.48. The highest BCUT2D eigenvalue weighted by molar-refractivity contribution is 8.00. The van der Waals surface area contributed by atoms with Gasteiger partial charge in [0.1, 0.15) is 6.54 Å². The average molecular weight is 326 g/mol. The molecule has 0 saturated heterocycles. The fourth-order valence-corrected chi connectivity index (χ4v) is 3.45. The molecule has 5 heteroatoms. The monoisotopic (exact) mass is 326 g/mol. The van der Waals surface area contributed by atoms with Crippen LogP contribution in [0.25, 0.3) is 0 Å². The zero-order valence-corrected chi connectivity index (χ0v) is 13.9. The van der Waals surface area contributed by atoms with E-state index in [4.69, 9.17) is 0 Å². The Kier molecular flexibility index (Phi) is 4.39. The minimum Gasteiger partial charge on any atom is -0.323 e. The topological polar surface area (TPSA) is 49.4 Å². The number of aryl methyl sites for hydroxylation is 1. The molecule has 1 heterocycles. The number of amides is 2. The maximum atomic E-state index is 12.8. The molecule has 0 unspecified atom stereocenters. The van der Waals surface area contributed by atoms with Gasteiger partial charge in [-0.1, -0.05) is 29.8 Å². The Morgan fingerprint density at radius 1 is 1.17 bits per heavy atom. The molecule has 23 heavy (non-hydrogen) atoms. The molecule has 0 bridgehead atoms. The molecular formula is C18H18N2O2S. The molecule has 0 spiro atoms. The van der Waals surface area contributed by atoms with E-state index in [9.17, 15) is 9.59 Å². The molecular weight excluding hydrogens is 308 g/mol. The summed E-state index contributed by atoms with van der Waals surface area (Å²) < 4.78 is 0. The smallest absolute Gasteiger partial charge is 0.244 e. The van der Waals surface area contributed by atoms with Crippen LogP contribution in [-0.2, 0) is 9.59 Å². The van der Waals surface area contributed by atoms with Gasteiger partial charge in [0, 0.05) is 4.90 Å². The van der Waals surface area contributed by atoms with Crippen molar-refractivity contribution in [1.29, 1.82) is 0 Å². The van der Waals surface area contributed by atoms with Crippen molar-refractivity contribution in [2.24, 2.45) is 0 Å². The SMILES string of the molecule is Cc1ccc(S[C@H](C)C(=O)N2CC(=O)Nc3ccccc32)cc1. The minimum absolute atomic E-state index is 0.0575. The molecule has 0 radical (unpaired) electrons. The van der Waals surface area contributed by atoms with Gasteiger partial charge in [-0.25, -0.2) is 0 Å². The molecule has 1 atom stereocenters. The van der Waals surface area contributed by atoms with Crippen LogP contribution in [0.1, 0.15) is 12.5 Å². The quantitative estimate of drug-likeness (QED) is 0.879. The van der Waals surface area contributed by atoms with Crippen molar-refractivity contribution in [2.75, 3.05) is 16.8 Å². The van der Waals surface area contributed by atoms with Gasteiger partial charge in [-0.05, 0) is 38.1 Å². The van der Waals surface area contributed by atoms with E-state index < -0.39 is 0 Å². The fraction of sp³-hybridized carbons (Fsp3) is 0.222. The second-order valence-electron chi connectivity index (χ2n) is 5.56. The number of para-hydroxylation sites is 2. The van der Waals surface area contributed by atoms with Gasteiger partial charge in [0.25, 0.3) is 0 Å². The van der Waals surface area contributed by atoms with Crippen molar-refractivity contribution in [1.82, 2.24) is 0 Å². The minimum atomic E-state index is -0.267. The summed E-state index contributed by atoms with van der Waals surface area (Å²) in [4.78, 5) is 27.3. The van der Waals surface area contributed by atoms with E-state index >= 15 is 0 Å². The Bertz CT molecular complexity index is 743. The van der Waals surface area contributed by atoms with Gasteiger partial charge in [0.15, 0.2) is 0 Å². The first kappa shape index (κ1) is 15.6. The van der Waals surface area contributed by atoms with Crippen molar-refractivity contribution >= 4 is 35.0 Å². The highest BCUT2D eigenvalue weighted by Crippen LogP contribution is 2.32. The fourth-order valence-electron chi connectivity index (χ4n) is 2.52. The average Bonchev–Trinajstić information content (AvgIpc) is 2.55. The van der Waals surface area contributed by atoms with Crippen LogP contribution in [0.5, 0.6) is 0 Å². The van der Waals surface area contributed by atoms with Gasteiger partial charge >= 0.3 is 0 Å². The number of nitrogens with one attached hydrogen (secondary N) is 1. The summed E-state index contributed by atoms with van der Waals surface area (Å²) in [6.45, 7) is 3.98. The zero-order valence-electron chi connectivity index (χ0n) is 13.1. The van der Waals surface area contributed by atoms with Crippen LogP contribution in [0, 0.1) is 6.92 Å². The maximum absolute atomic E-state index is 12.8. The van der Waals surface area contributed by atoms with E-state index in [1.165, 1.54) is 17.3 Å². The molecule has 2 amide bonds. The number of fused-ring (bicyclic) bond motifs is 1. The molecule has 0 fully saturated rings. The van der Waals surface area contributed by atoms with Crippen LogP contribution < -0.4 is 10.2 Å². The van der Waals surface area contributed by atoms with Gasteiger partial charge in [0.2, 0.25) is 11.8 Å². The number of hydrogen-bond acceptors (Lipinski definition) is 3. The van der Waals surface area contributed by atoms with Crippen molar-refractivity contribution < 1.29 is 9.59 Å². The van der Waals surface area contributed by atoms with Crippen LogP contribution in [-0.4, -0.2) is 23.6 Å². The molecule has 2 aromatic rings. The van der Waals surface area contributed by atoms with E-state index in [0.717, 1.165) is 10.6 Å². The Morgan fingerprint density at radius 2 is 1.87 bits per heavy atom. The summed E-state index contributed by atoms with van der Waals surface area (Å²) in [5.74, 6) is -0.220. The summed E-state index contributed by atoms with van der Waals surface area (Å²) >= 11 is 1.51. The van der Waals surface area contributed by atoms with Crippen LogP contribution in [0.4, 0.5) is 11.4 Å². The van der Waals surface area contributed by atoms with E-state index in [-0.39, 0.29) is 23.6 Å². The summed E-state index contributed by atoms with van der Waals surface area (Å²) in [6.07, 6.45) is 0. The number of hydrogen-bond donors (Lipinski definition) is 1. The maximum Gasteiger partial charge on any atom is 0.244 e. The summed E-state index contributed by atoms with van der Waals surface area (Å²) in [5, 5.41) is 2.53. The molecule has 1 N–H and O–H groups in total. The second-order valence-corrected chi connectivity index (χ2v) is 6.98. The highest BCUT2D eigenvalue weighted by atomic mass is 32.2. The predicted octanol–water partition coefficient (Wildman–Crippen LogP) is 3.46. The molecule has 1 aliphatic rings. The van der Waals surface area contributed by atoms with Crippen molar-refractivity contribution in [3.05, 3.63) is 54.1 Å². The lowest BCUT2D eigenvalue weighted by Crippen LogP contribution is -2.45. The molecule has 0 saturated carbocycles. The Morgan fingerprint density at radius 3 is 2.61 bits per heavy atom. The van der Waals surface area contributed by atoms with E-state index in [1.807, 2.05) is 62.4 Å². The number of benzene rings is 2. The predicted molar refractivity (Wildman–Crippen MR) is 93.9 cm³/mol. The van der Waals surface area contributed by atoms with Gasteiger partial charge in [0.05, 0.1) is 16.6 Å². The van der Waals surface area contributed by atoms with Crippen LogP contribution in [0.15, 0.2) is 53.4 Å². The zero-order chi connectivity index (χ0) is 16.4. The molecule has 3 rings (SSSR count). The van der Waals surface area contributed by atoms with Crippen molar-refractivity contribution in [3.8, 4) is 0 Å². The lowest BCUT2D eigenvalue weighted by molar-refractivity contribution is -0.121. The van der Waals surface area contributed by atoms with Crippen LogP contribution in [0.2, 0.25) is 0 Å². The number of carbonyl (C=O) groups excluding carboxylic acids is 2. The normalized spacial score (nSPS) is 14.9. The van der Waals surface area contributed by atoms with E-state index in [1.54, 1.807) is 4.90 Å². The number of carbonyl (C=O) groups is 2. The lowest BCUT2D eigenvalue weighted by Gasteiger charge is -2.30. The van der Waals surface area contributed by atoms with E-state index in [0.29, 0.717) is 5.69 Å². The van der Waals surface area contributed by atoms with E-state index in [2.05, 4.69) is 5.32 Å². The van der Waals surface area contributed by atoms with Crippen LogP contribution >= 0.6 is 11.8 Å². The number of thioether (sulfide) groups is 1. The third-order valence-electron chi connectivity index (χ3n) is 3.72. The van der Waals surface area contributed by atoms with Gasteiger partial charge in [-0.3, -0.25) is 14.5 Å². The molecule has 0 aliphatic carbocycles. The largest absolute Gasteiger partial charge is 0.323 e. The van der Waals surface area contributed by atoms with Gasteiger partial charge < -0.3 is 5.32 Å². The van der Waals surface area contributed by atoms with Crippen LogP contribution in [0.3, 0.4) is 0 Å². The second kappa shape index (κ2) is 6.46. The third-order valence-corrected chi connectivity index (χ3v) is 4.82. The molecule has 4 nitrogen and oxygen atoms in total. The number of anilines is 2. The van der Waals surface area contributed by atoms with Crippen molar-refractivity contribution in [3.63, 3.8) is 0 Å². The molecule has 1 aliphatic heterocycles. The van der Waals surface area contributed by atoms with Gasteiger partial charge in [-0.2, -0.15) is 0 Å².